The molecule has 1 atom stereocenters. The Kier molecular flexibility index (Phi) is 9.06. The summed E-state index contributed by atoms with van der Waals surface area (Å²) in [5.74, 6) is -0.360. The minimum Gasteiger partial charge on any atom is -0.497 e. The molecular weight excluding hydrogens is 444 g/mol. The van der Waals surface area contributed by atoms with Gasteiger partial charge in [0.1, 0.15) is 11.3 Å². The van der Waals surface area contributed by atoms with Crippen molar-refractivity contribution in [2.45, 2.75) is 51.5 Å². The number of carbonyl (C=O) groups excluding carboxylic acids is 3. The van der Waals surface area contributed by atoms with Gasteiger partial charge in [0.25, 0.3) is 5.91 Å². The van der Waals surface area contributed by atoms with E-state index in [1.165, 1.54) is 6.08 Å². The standard InChI is InChI=1S/C28H34N2O5/c1-4-6-9-19-30-24-14-8-7-13-23(24)28(27(30)33,18-17-26(32)35-5-2)29-25(31)16-15-21-11-10-12-22(20-21)34-3/h7-8,10-16,20H,4-6,9,17-19H2,1-3H3,(H,29,31)/b16-15+. The highest BCUT2D eigenvalue weighted by Gasteiger charge is 2.51. The first kappa shape index (κ1) is 26.0. The van der Waals surface area contributed by atoms with Crippen LogP contribution in [0.2, 0.25) is 0 Å². The number of rotatable bonds is 12. The van der Waals surface area contributed by atoms with Gasteiger partial charge in [-0.25, -0.2) is 0 Å². The van der Waals surface area contributed by atoms with Crippen LogP contribution in [0.25, 0.3) is 6.08 Å². The molecule has 0 aliphatic carbocycles. The molecule has 3 rings (SSSR count). The number of benzene rings is 2. The van der Waals surface area contributed by atoms with Crippen molar-refractivity contribution in [2.75, 3.05) is 25.2 Å². The van der Waals surface area contributed by atoms with Crippen LogP contribution in [0.15, 0.2) is 54.6 Å². The highest BCUT2D eigenvalue weighted by molar-refractivity contribution is 6.10. The van der Waals surface area contributed by atoms with E-state index in [4.69, 9.17) is 9.47 Å². The van der Waals surface area contributed by atoms with Crippen molar-refractivity contribution in [3.8, 4) is 5.75 Å². The van der Waals surface area contributed by atoms with Gasteiger partial charge >= 0.3 is 5.97 Å². The van der Waals surface area contributed by atoms with Crippen molar-refractivity contribution in [1.82, 2.24) is 5.32 Å². The lowest BCUT2D eigenvalue weighted by atomic mass is 9.86. The van der Waals surface area contributed by atoms with E-state index in [0.717, 1.165) is 30.5 Å². The number of amides is 2. The van der Waals surface area contributed by atoms with Crippen molar-refractivity contribution in [3.05, 3.63) is 65.7 Å². The molecule has 0 bridgehead atoms. The van der Waals surface area contributed by atoms with Crippen molar-refractivity contribution in [1.29, 1.82) is 0 Å². The average Bonchev–Trinajstić information content (AvgIpc) is 3.09. The summed E-state index contributed by atoms with van der Waals surface area (Å²) < 4.78 is 10.3. The maximum atomic E-state index is 13.9. The Bertz CT molecular complexity index is 1080. The topological polar surface area (TPSA) is 84.9 Å². The van der Waals surface area contributed by atoms with Crippen molar-refractivity contribution in [2.24, 2.45) is 0 Å². The number of ether oxygens (including phenoxy) is 2. The molecule has 0 saturated heterocycles. The van der Waals surface area contributed by atoms with E-state index in [2.05, 4.69) is 12.2 Å². The molecule has 0 radical (unpaired) electrons. The Balaban J connectivity index is 1.92. The summed E-state index contributed by atoms with van der Waals surface area (Å²) in [6, 6.07) is 14.8. The van der Waals surface area contributed by atoms with Gasteiger partial charge in [0.2, 0.25) is 5.91 Å². The summed E-state index contributed by atoms with van der Waals surface area (Å²) in [6.45, 7) is 4.66. The summed E-state index contributed by atoms with van der Waals surface area (Å²) in [5, 5.41) is 2.96. The fourth-order valence-corrected chi connectivity index (χ4v) is 4.38. The number of fused-ring (bicyclic) bond motifs is 1. The minimum absolute atomic E-state index is 0.0105. The van der Waals surface area contributed by atoms with Crippen LogP contribution >= 0.6 is 0 Å². The lowest BCUT2D eigenvalue weighted by Gasteiger charge is -2.29. The molecule has 7 heteroatoms. The van der Waals surface area contributed by atoms with Crippen LogP contribution in [0.3, 0.4) is 0 Å². The van der Waals surface area contributed by atoms with Gasteiger partial charge in [-0.1, -0.05) is 50.1 Å². The number of nitrogens with one attached hydrogen (secondary N) is 1. The molecule has 0 spiro atoms. The Morgan fingerprint density at radius 3 is 2.63 bits per heavy atom. The fraction of sp³-hybridized carbons (Fsp3) is 0.393. The Morgan fingerprint density at radius 1 is 1.09 bits per heavy atom. The summed E-state index contributed by atoms with van der Waals surface area (Å²) >= 11 is 0. The number of nitrogens with zero attached hydrogens (tertiary/aromatic N) is 1. The van der Waals surface area contributed by atoms with Crippen LogP contribution in [-0.2, 0) is 24.7 Å². The Morgan fingerprint density at radius 2 is 1.89 bits per heavy atom. The van der Waals surface area contributed by atoms with Gasteiger partial charge in [0, 0.05) is 30.3 Å². The van der Waals surface area contributed by atoms with E-state index in [9.17, 15) is 14.4 Å². The van der Waals surface area contributed by atoms with Crippen LogP contribution in [0.4, 0.5) is 5.69 Å². The third-order valence-electron chi connectivity index (χ3n) is 6.12. The zero-order chi connectivity index (χ0) is 25.3. The normalized spacial score (nSPS) is 16.9. The first-order chi connectivity index (χ1) is 16.9. The predicted octanol–water partition coefficient (Wildman–Crippen LogP) is 4.60. The molecule has 2 aromatic rings. The maximum Gasteiger partial charge on any atom is 0.305 e. The van der Waals surface area contributed by atoms with E-state index in [1.807, 2.05) is 48.5 Å². The monoisotopic (exact) mass is 478 g/mol. The minimum atomic E-state index is -1.34. The molecule has 7 nitrogen and oxygen atoms in total. The van der Waals surface area contributed by atoms with Crippen LogP contribution in [-0.4, -0.2) is 38.0 Å². The van der Waals surface area contributed by atoms with Gasteiger partial charge in [-0.05, 0) is 49.6 Å². The SMILES string of the molecule is CCCCCN1C(=O)C(CCC(=O)OCC)(NC(=O)/C=C/c2cccc(OC)c2)c2ccccc21. The van der Waals surface area contributed by atoms with E-state index >= 15 is 0 Å². The zero-order valence-corrected chi connectivity index (χ0v) is 20.7. The summed E-state index contributed by atoms with van der Waals surface area (Å²) in [7, 11) is 1.58. The van der Waals surface area contributed by atoms with Crippen LogP contribution < -0.4 is 15.0 Å². The van der Waals surface area contributed by atoms with Gasteiger partial charge in [-0.15, -0.1) is 0 Å². The van der Waals surface area contributed by atoms with Gasteiger partial charge in [-0.3, -0.25) is 14.4 Å². The number of hydrogen-bond donors (Lipinski definition) is 1. The fourth-order valence-electron chi connectivity index (χ4n) is 4.38. The molecule has 186 valence electrons. The maximum absolute atomic E-state index is 13.9. The molecule has 0 fully saturated rings. The molecule has 0 saturated carbocycles. The predicted molar refractivity (Wildman–Crippen MR) is 136 cm³/mol. The third-order valence-corrected chi connectivity index (χ3v) is 6.12. The number of hydrogen-bond acceptors (Lipinski definition) is 5. The number of carbonyl (C=O) groups is 3. The number of esters is 1. The molecule has 1 heterocycles. The Hall–Kier alpha value is -3.61. The first-order valence-corrected chi connectivity index (χ1v) is 12.2. The van der Waals surface area contributed by atoms with E-state index in [0.29, 0.717) is 17.9 Å². The lowest BCUT2D eigenvalue weighted by molar-refractivity contribution is -0.144. The van der Waals surface area contributed by atoms with Gasteiger partial charge in [0.05, 0.1) is 13.7 Å². The van der Waals surface area contributed by atoms with Crippen LogP contribution in [0.1, 0.15) is 57.1 Å². The molecule has 1 N–H and O–H groups in total. The van der Waals surface area contributed by atoms with Gasteiger partial charge in [-0.2, -0.15) is 0 Å². The summed E-state index contributed by atoms with van der Waals surface area (Å²) in [5.41, 5.74) is 0.925. The largest absolute Gasteiger partial charge is 0.497 e. The van der Waals surface area contributed by atoms with Crippen molar-refractivity contribution >= 4 is 29.5 Å². The Labute approximate surface area is 207 Å². The smallest absolute Gasteiger partial charge is 0.305 e. The first-order valence-electron chi connectivity index (χ1n) is 12.2. The highest BCUT2D eigenvalue weighted by atomic mass is 16.5. The number of para-hydroxylation sites is 1. The third kappa shape index (κ3) is 6.10. The van der Waals surface area contributed by atoms with Crippen molar-refractivity contribution < 1.29 is 23.9 Å². The molecule has 1 aliphatic rings. The average molecular weight is 479 g/mol. The lowest BCUT2D eigenvalue weighted by Crippen LogP contribution is -2.53. The second-order valence-corrected chi connectivity index (χ2v) is 8.49. The molecule has 2 amide bonds. The van der Waals surface area contributed by atoms with E-state index in [-0.39, 0.29) is 25.4 Å². The molecule has 1 aliphatic heterocycles. The number of unbranched alkanes of at least 4 members (excludes halogenated alkanes) is 2. The summed E-state index contributed by atoms with van der Waals surface area (Å²) in [6.07, 6.45) is 6.08. The molecule has 35 heavy (non-hydrogen) atoms. The molecule has 1 unspecified atom stereocenters. The van der Waals surface area contributed by atoms with Crippen LogP contribution in [0.5, 0.6) is 5.75 Å². The van der Waals surface area contributed by atoms with E-state index in [1.54, 1.807) is 25.0 Å². The molecular formula is C28H34N2O5. The van der Waals surface area contributed by atoms with Gasteiger partial charge < -0.3 is 19.7 Å². The van der Waals surface area contributed by atoms with Crippen LogP contribution in [0, 0.1) is 0 Å². The molecule has 2 aromatic carbocycles. The number of methoxy groups -OCH3 is 1. The number of anilines is 1. The zero-order valence-electron chi connectivity index (χ0n) is 20.7. The molecule has 0 aromatic heterocycles. The van der Waals surface area contributed by atoms with E-state index < -0.39 is 17.4 Å². The quantitative estimate of drug-likeness (QED) is 0.274. The second-order valence-electron chi connectivity index (χ2n) is 8.49. The van der Waals surface area contributed by atoms with Crippen molar-refractivity contribution in [3.63, 3.8) is 0 Å². The summed E-state index contributed by atoms with van der Waals surface area (Å²) in [4.78, 5) is 40.9. The highest BCUT2D eigenvalue weighted by Crippen LogP contribution is 2.43. The second kappa shape index (κ2) is 12.2. The van der Waals surface area contributed by atoms with Gasteiger partial charge in [0.15, 0.2) is 0 Å².